The van der Waals surface area contributed by atoms with Crippen LogP contribution < -0.4 is 0 Å². The minimum Gasteiger partial charge on any atom is -0.264 e. The summed E-state index contributed by atoms with van der Waals surface area (Å²) in [6.07, 6.45) is -2.29. The minimum absolute atomic E-state index is 0.247. The van der Waals surface area contributed by atoms with Crippen molar-refractivity contribution >= 4 is 17.2 Å². The number of alkyl halides is 3. The molecule has 0 spiro atoms. The van der Waals surface area contributed by atoms with Gasteiger partial charge in [-0.1, -0.05) is 11.6 Å². The highest BCUT2D eigenvalue weighted by atomic mass is 35.5. The largest absolute Gasteiger partial charge is 0.417 e. The quantitative estimate of drug-likeness (QED) is 0.648. The first-order valence-corrected chi connectivity index (χ1v) is 5.73. The number of hydrogen-bond acceptors (Lipinski definition) is 4. The third kappa shape index (κ3) is 2.18. The molecule has 3 aromatic heterocycles. The van der Waals surface area contributed by atoms with Crippen LogP contribution in [0.1, 0.15) is 5.56 Å². The fourth-order valence-electron chi connectivity index (χ4n) is 1.64. The van der Waals surface area contributed by atoms with Crippen molar-refractivity contribution in [2.24, 2.45) is 0 Å². The fourth-order valence-corrected chi connectivity index (χ4v) is 1.78. The second-order valence-electron chi connectivity index (χ2n) is 3.89. The summed E-state index contributed by atoms with van der Waals surface area (Å²) in [6, 6.07) is 3.66. The van der Waals surface area contributed by atoms with Crippen molar-refractivity contribution in [2.75, 3.05) is 0 Å². The molecule has 5 nitrogen and oxygen atoms in total. The van der Waals surface area contributed by atoms with E-state index in [1.54, 1.807) is 0 Å². The Balaban J connectivity index is 2.07. The van der Waals surface area contributed by atoms with Crippen molar-refractivity contribution in [3.8, 4) is 11.5 Å². The van der Waals surface area contributed by atoms with Gasteiger partial charge < -0.3 is 0 Å². The molecule has 0 aliphatic rings. The summed E-state index contributed by atoms with van der Waals surface area (Å²) in [5.74, 6) is 0.290. The molecule has 0 N–H and O–H groups in total. The Morgan fingerprint density at radius 1 is 1.10 bits per heavy atom. The van der Waals surface area contributed by atoms with Crippen molar-refractivity contribution in [1.29, 1.82) is 0 Å². The molecule has 0 amide bonds. The van der Waals surface area contributed by atoms with Gasteiger partial charge in [0.05, 0.1) is 5.56 Å². The summed E-state index contributed by atoms with van der Waals surface area (Å²) in [7, 11) is 0. The van der Waals surface area contributed by atoms with Gasteiger partial charge in [0.1, 0.15) is 17.2 Å². The van der Waals surface area contributed by atoms with Gasteiger partial charge in [-0.15, -0.1) is 10.2 Å². The number of nitrogens with zero attached hydrogens (tertiary/aromatic N) is 5. The van der Waals surface area contributed by atoms with Gasteiger partial charge in [0.25, 0.3) is 0 Å². The van der Waals surface area contributed by atoms with Crippen molar-refractivity contribution < 1.29 is 13.2 Å². The molecule has 0 atom stereocenters. The Bertz CT molecular complexity index is 766. The van der Waals surface area contributed by atoms with Gasteiger partial charge in [-0.3, -0.25) is 9.38 Å². The topological polar surface area (TPSA) is 56.0 Å². The fraction of sp³-hybridized carbons (Fsp3) is 0.0909. The molecular weight excluding hydrogens is 295 g/mol. The van der Waals surface area contributed by atoms with Gasteiger partial charge in [0.2, 0.25) is 0 Å². The van der Waals surface area contributed by atoms with E-state index in [-0.39, 0.29) is 16.7 Å². The average molecular weight is 300 g/mol. The first-order valence-electron chi connectivity index (χ1n) is 5.35. The molecular formula is C11H5ClF3N5. The van der Waals surface area contributed by atoms with Crippen LogP contribution in [-0.2, 0) is 6.18 Å². The summed E-state index contributed by atoms with van der Waals surface area (Å²) < 4.78 is 38.9. The van der Waals surface area contributed by atoms with Crippen molar-refractivity contribution in [3.63, 3.8) is 0 Å². The Morgan fingerprint density at radius 3 is 2.55 bits per heavy atom. The van der Waals surface area contributed by atoms with Crippen molar-refractivity contribution in [1.82, 2.24) is 24.6 Å². The highest BCUT2D eigenvalue weighted by Crippen LogP contribution is 2.29. The summed E-state index contributed by atoms with van der Waals surface area (Å²) in [5, 5.41) is 7.97. The van der Waals surface area contributed by atoms with Crippen molar-refractivity contribution in [3.05, 3.63) is 41.4 Å². The predicted molar refractivity (Wildman–Crippen MR) is 64.0 cm³/mol. The zero-order valence-corrected chi connectivity index (χ0v) is 10.4. The lowest BCUT2D eigenvalue weighted by molar-refractivity contribution is -0.137. The number of hydrogen-bond donors (Lipinski definition) is 0. The molecule has 0 radical (unpaired) electrons. The molecule has 0 saturated carbocycles. The third-order valence-corrected chi connectivity index (χ3v) is 2.79. The summed E-state index contributed by atoms with van der Waals surface area (Å²) in [6.45, 7) is 0. The number of halogens is 4. The Morgan fingerprint density at radius 2 is 1.90 bits per heavy atom. The minimum atomic E-state index is -4.42. The number of aromatic nitrogens is 5. The standard InChI is InChI=1S/C11H5ClF3N5/c12-8-3-9-18-19-10(20(9)5-17-8)7-2-1-6(4-16-7)11(13,14)15/h1-5H. The normalized spacial score (nSPS) is 12.0. The summed E-state index contributed by atoms with van der Waals surface area (Å²) in [5.41, 5.74) is -0.132. The van der Waals surface area contributed by atoms with E-state index in [1.807, 2.05) is 0 Å². The molecule has 0 saturated heterocycles. The zero-order valence-electron chi connectivity index (χ0n) is 9.63. The van der Waals surface area contributed by atoms with E-state index in [0.717, 1.165) is 12.3 Å². The molecule has 0 fully saturated rings. The van der Waals surface area contributed by atoms with Crippen LogP contribution >= 0.6 is 11.6 Å². The van der Waals surface area contributed by atoms with Crippen molar-refractivity contribution in [2.45, 2.75) is 6.18 Å². The van der Waals surface area contributed by atoms with Crippen LogP contribution in [0.3, 0.4) is 0 Å². The van der Waals surface area contributed by atoms with E-state index in [0.29, 0.717) is 5.65 Å². The molecule has 3 rings (SSSR count). The van der Waals surface area contributed by atoms with Crippen LogP contribution in [-0.4, -0.2) is 24.6 Å². The Kier molecular flexibility index (Phi) is 2.82. The molecule has 3 heterocycles. The van der Waals surface area contributed by atoms with E-state index in [1.165, 1.54) is 22.9 Å². The molecule has 0 aliphatic heterocycles. The molecule has 20 heavy (non-hydrogen) atoms. The maximum absolute atomic E-state index is 12.5. The Labute approximate surface area is 115 Å². The maximum Gasteiger partial charge on any atom is 0.417 e. The van der Waals surface area contributed by atoms with Crippen LogP contribution in [0.2, 0.25) is 5.15 Å². The number of pyridine rings is 1. The second kappa shape index (κ2) is 4.41. The van der Waals surface area contributed by atoms with Crippen LogP contribution in [0.5, 0.6) is 0 Å². The monoisotopic (exact) mass is 299 g/mol. The van der Waals surface area contributed by atoms with Gasteiger partial charge in [-0.05, 0) is 12.1 Å². The molecule has 9 heteroatoms. The van der Waals surface area contributed by atoms with Crippen LogP contribution in [0.25, 0.3) is 17.2 Å². The van der Waals surface area contributed by atoms with Crippen LogP contribution in [0.15, 0.2) is 30.7 Å². The van der Waals surface area contributed by atoms with Gasteiger partial charge >= 0.3 is 6.18 Å². The summed E-state index contributed by atoms with van der Waals surface area (Å²) >= 11 is 5.71. The zero-order chi connectivity index (χ0) is 14.3. The van der Waals surface area contributed by atoms with E-state index in [2.05, 4.69) is 20.2 Å². The van der Waals surface area contributed by atoms with Crippen LogP contribution in [0, 0.1) is 0 Å². The smallest absolute Gasteiger partial charge is 0.264 e. The highest BCUT2D eigenvalue weighted by Gasteiger charge is 2.30. The molecule has 0 unspecified atom stereocenters. The van der Waals surface area contributed by atoms with E-state index in [9.17, 15) is 13.2 Å². The van der Waals surface area contributed by atoms with Gasteiger partial charge in [-0.2, -0.15) is 13.2 Å². The molecule has 3 aromatic rings. The predicted octanol–water partition coefficient (Wildman–Crippen LogP) is 2.86. The van der Waals surface area contributed by atoms with E-state index < -0.39 is 11.7 Å². The SMILES string of the molecule is FC(F)(F)c1ccc(-c2nnc3cc(Cl)ncn23)nc1. The van der Waals surface area contributed by atoms with E-state index >= 15 is 0 Å². The first kappa shape index (κ1) is 12.8. The van der Waals surface area contributed by atoms with Gasteiger partial charge in [0.15, 0.2) is 11.5 Å². The van der Waals surface area contributed by atoms with Crippen LogP contribution in [0.4, 0.5) is 13.2 Å². The Hall–Kier alpha value is -2.22. The number of rotatable bonds is 1. The second-order valence-corrected chi connectivity index (χ2v) is 4.28. The molecule has 0 aromatic carbocycles. The third-order valence-electron chi connectivity index (χ3n) is 2.59. The lowest BCUT2D eigenvalue weighted by Gasteiger charge is -2.06. The van der Waals surface area contributed by atoms with Gasteiger partial charge in [0, 0.05) is 12.3 Å². The van der Waals surface area contributed by atoms with Gasteiger partial charge in [-0.25, -0.2) is 4.98 Å². The lowest BCUT2D eigenvalue weighted by atomic mass is 10.2. The first-order chi connectivity index (χ1) is 9.45. The molecule has 102 valence electrons. The molecule has 0 aliphatic carbocycles. The average Bonchev–Trinajstić information content (AvgIpc) is 2.80. The number of fused-ring (bicyclic) bond motifs is 1. The van der Waals surface area contributed by atoms with E-state index in [4.69, 9.17) is 11.6 Å². The lowest BCUT2D eigenvalue weighted by Crippen LogP contribution is -2.05. The highest BCUT2D eigenvalue weighted by molar-refractivity contribution is 6.29. The summed E-state index contributed by atoms with van der Waals surface area (Å²) in [4.78, 5) is 7.62. The maximum atomic E-state index is 12.5. The molecule has 0 bridgehead atoms.